The van der Waals surface area contributed by atoms with E-state index in [1.807, 2.05) is 43.1 Å². The van der Waals surface area contributed by atoms with Crippen LogP contribution in [0.4, 0.5) is 5.69 Å². The summed E-state index contributed by atoms with van der Waals surface area (Å²) in [7, 11) is 0. The van der Waals surface area contributed by atoms with E-state index >= 15 is 0 Å². The van der Waals surface area contributed by atoms with E-state index < -0.39 is 6.04 Å². The lowest BCUT2D eigenvalue weighted by Gasteiger charge is -2.25. The van der Waals surface area contributed by atoms with Gasteiger partial charge in [0.05, 0.1) is 6.54 Å². The molecule has 2 fully saturated rings. The molecule has 2 saturated heterocycles. The van der Waals surface area contributed by atoms with Gasteiger partial charge in [-0.05, 0) is 63.1 Å². The molecule has 2 amide bonds. The SMILES string of the molecule is Cc1ccc(C)c(NC(=NC2CCCCN(CC(=O)N3CCCC3)C2=O)NC#N)c1. The number of hydrogen-bond acceptors (Lipinski definition) is 4. The van der Waals surface area contributed by atoms with Crippen LogP contribution in [0.5, 0.6) is 0 Å². The average molecular weight is 411 g/mol. The highest BCUT2D eigenvalue weighted by Crippen LogP contribution is 2.19. The van der Waals surface area contributed by atoms with Gasteiger partial charge in [-0.3, -0.25) is 14.9 Å². The Labute approximate surface area is 177 Å². The maximum absolute atomic E-state index is 13.1. The van der Waals surface area contributed by atoms with E-state index in [2.05, 4.69) is 15.6 Å². The Balaban J connectivity index is 1.75. The van der Waals surface area contributed by atoms with E-state index in [1.165, 1.54) is 0 Å². The molecular formula is C22H30N6O2. The third-order valence-electron chi connectivity index (χ3n) is 5.64. The van der Waals surface area contributed by atoms with Gasteiger partial charge in [0.25, 0.3) is 0 Å². The largest absolute Gasteiger partial charge is 0.341 e. The van der Waals surface area contributed by atoms with Crippen molar-refractivity contribution in [2.75, 3.05) is 31.5 Å². The van der Waals surface area contributed by atoms with Crippen molar-refractivity contribution < 1.29 is 9.59 Å². The van der Waals surface area contributed by atoms with Crippen LogP contribution in [0.15, 0.2) is 23.2 Å². The standard InChI is InChI=1S/C22H30N6O2/c1-16-8-9-17(2)19(13-16)26-22(24-15-23)25-18-7-3-4-12-28(21(18)30)14-20(29)27-10-5-6-11-27/h8-9,13,18H,3-7,10-12,14H2,1-2H3,(H2,24,25,26). The first kappa shape index (κ1) is 21.6. The third kappa shape index (κ3) is 5.50. The third-order valence-corrected chi connectivity index (χ3v) is 5.64. The van der Waals surface area contributed by atoms with E-state index in [0.29, 0.717) is 13.0 Å². The molecule has 0 bridgehead atoms. The summed E-state index contributed by atoms with van der Waals surface area (Å²) in [6, 6.07) is 5.36. The van der Waals surface area contributed by atoms with Gasteiger partial charge in [0.2, 0.25) is 17.8 Å². The van der Waals surface area contributed by atoms with Crippen molar-refractivity contribution in [2.24, 2.45) is 4.99 Å². The van der Waals surface area contributed by atoms with E-state index in [-0.39, 0.29) is 24.3 Å². The summed E-state index contributed by atoms with van der Waals surface area (Å²) < 4.78 is 0. The zero-order valence-corrected chi connectivity index (χ0v) is 17.8. The van der Waals surface area contributed by atoms with Gasteiger partial charge in [0.15, 0.2) is 6.19 Å². The molecule has 2 aliphatic heterocycles. The summed E-state index contributed by atoms with van der Waals surface area (Å²) in [5.74, 6) is 0.103. The predicted molar refractivity (Wildman–Crippen MR) is 116 cm³/mol. The normalized spacial score (nSPS) is 20.0. The van der Waals surface area contributed by atoms with Gasteiger partial charge in [0.1, 0.15) is 6.04 Å². The zero-order valence-electron chi connectivity index (χ0n) is 17.8. The predicted octanol–water partition coefficient (Wildman–Crippen LogP) is 2.15. The maximum atomic E-state index is 13.1. The summed E-state index contributed by atoms with van der Waals surface area (Å²) in [5, 5.41) is 14.9. The number of nitrogens with zero attached hydrogens (tertiary/aromatic N) is 4. The highest BCUT2D eigenvalue weighted by molar-refractivity contribution is 5.97. The fourth-order valence-electron chi connectivity index (χ4n) is 3.89. The molecule has 8 heteroatoms. The van der Waals surface area contributed by atoms with Crippen LogP contribution in [0.2, 0.25) is 0 Å². The van der Waals surface area contributed by atoms with Crippen molar-refractivity contribution in [1.82, 2.24) is 15.1 Å². The Kier molecular flexibility index (Phi) is 7.28. The van der Waals surface area contributed by atoms with Crippen molar-refractivity contribution in [1.29, 1.82) is 5.26 Å². The van der Waals surface area contributed by atoms with E-state index in [4.69, 9.17) is 5.26 Å². The molecule has 30 heavy (non-hydrogen) atoms. The second-order valence-corrected chi connectivity index (χ2v) is 8.02. The lowest BCUT2D eigenvalue weighted by molar-refractivity contribution is -0.140. The summed E-state index contributed by atoms with van der Waals surface area (Å²) in [4.78, 5) is 33.7. The fraction of sp³-hybridized carbons (Fsp3) is 0.545. The number of rotatable bonds is 4. The van der Waals surface area contributed by atoms with Gasteiger partial charge < -0.3 is 15.1 Å². The van der Waals surface area contributed by atoms with Crippen LogP contribution in [0.1, 0.15) is 43.2 Å². The maximum Gasteiger partial charge on any atom is 0.247 e. The van der Waals surface area contributed by atoms with Crippen LogP contribution in [0, 0.1) is 25.3 Å². The van der Waals surface area contributed by atoms with Crippen molar-refractivity contribution in [3.8, 4) is 6.19 Å². The molecule has 3 rings (SSSR count). The van der Waals surface area contributed by atoms with Gasteiger partial charge >= 0.3 is 0 Å². The molecule has 1 unspecified atom stereocenters. The van der Waals surface area contributed by atoms with Crippen LogP contribution in [0.25, 0.3) is 0 Å². The van der Waals surface area contributed by atoms with Gasteiger partial charge in [0, 0.05) is 25.3 Å². The Morgan fingerprint density at radius 1 is 1.20 bits per heavy atom. The molecule has 1 aromatic rings. The number of hydrogen-bond donors (Lipinski definition) is 2. The van der Waals surface area contributed by atoms with Gasteiger partial charge in [-0.15, -0.1) is 0 Å². The van der Waals surface area contributed by atoms with Crippen molar-refractivity contribution in [3.05, 3.63) is 29.3 Å². The first-order chi connectivity index (χ1) is 14.5. The highest BCUT2D eigenvalue weighted by atomic mass is 16.2. The van der Waals surface area contributed by atoms with Crippen LogP contribution in [-0.2, 0) is 9.59 Å². The number of carbonyl (C=O) groups is 2. The van der Waals surface area contributed by atoms with Crippen LogP contribution >= 0.6 is 0 Å². The van der Waals surface area contributed by atoms with Crippen LogP contribution < -0.4 is 10.6 Å². The smallest absolute Gasteiger partial charge is 0.247 e. The molecule has 160 valence electrons. The number of aryl methyl sites for hydroxylation is 2. The Morgan fingerprint density at radius 3 is 2.67 bits per heavy atom. The van der Waals surface area contributed by atoms with Crippen molar-refractivity contribution in [2.45, 2.75) is 52.0 Å². The fourth-order valence-corrected chi connectivity index (χ4v) is 3.89. The molecule has 0 aliphatic carbocycles. The van der Waals surface area contributed by atoms with Gasteiger partial charge in [-0.1, -0.05) is 12.1 Å². The summed E-state index contributed by atoms with van der Waals surface area (Å²) >= 11 is 0. The number of carbonyl (C=O) groups excluding carboxylic acids is 2. The quantitative estimate of drug-likeness (QED) is 0.343. The van der Waals surface area contributed by atoms with Crippen LogP contribution in [0.3, 0.4) is 0 Å². The molecule has 2 heterocycles. The molecule has 8 nitrogen and oxygen atoms in total. The minimum Gasteiger partial charge on any atom is -0.341 e. The number of amides is 2. The summed E-state index contributed by atoms with van der Waals surface area (Å²) in [5.41, 5.74) is 2.92. The van der Waals surface area contributed by atoms with Crippen molar-refractivity contribution >= 4 is 23.5 Å². The molecule has 2 N–H and O–H groups in total. The Bertz CT molecular complexity index is 854. The molecule has 0 aromatic heterocycles. The molecule has 0 radical (unpaired) electrons. The van der Waals surface area contributed by atoms with Crippen LogP contribution in [-0.4, -0.2) is 59.8 Å². The van der Waals surface area contributed by atoms with Crippen molar-refractivity contribution in [3.63, 3.8) is 0 Å². The Hall–Kier alpha value is -3.08. The number of guanidine groups is 1. The minimum atomic E-state index is -0.618. The molecule has 2 aliphatic rings. The average Bonchev–Trinajstić information content (AvgIpc) is 3.21. The molecular weight excluding hydrogens is 380 g/mol. The molecule has 1 atom stereocenters. The number of benzene rings is 1. The Morgan fingerprint density at radius 2 is 1.93 bits per heavy atom. The van der Waals surface area contributed by atoms with E-state index in [9.17, 15) is 9.59 Å². The zero-order chi connectivity index (χ0) is 21.5. The van der Waals surface area contributed by atoms with Gasteiger partial charge in [-0.2, -0.15) is 5.26 Å². The van der Waals surface area contributed by atoms with Gasteiger partial charge in [-0.25, -0.2) is 4.99 Å². The van der Waals surface area contributed by atoms with E-state index in [1.54, 1.807) is 4.90 Å². The number of nitriles is 1. The monoisotopic (exact) mass is 410 g/mol. The lowest BCUT2D eigenvalue weighted by Crippen LogP contribution is -2.45. The summed E-state index contributed by atoms with van der Waals surface area (Å²) in [6.45, 7) is 6.18. The minimum absolute atomic E-state index is 0.00867. The molecule has 0 saturated carbocycles. The first-order valence-electron chi connectivity index (χ1n) is 10.6. The highest BCUT2D eigenvalue weighted by Gasteiger charge is 2.30. The number of nitrogens with one attached hydrogen (secondary N) is 2. The number of aliphatic imine (C=N–C) groups is 1. The number of anilines is 1. The van der Waals surface area contributed by atoms with E-state index in [0.717, 1.165) is 55.6 Å². The molecule has 0 spiro atoms. The second-order valence-electron chi connectivity index (χ2n) is 8.02. The first-order valence-corrected chi connectivity index (χ1v) is 10.6. The lowest BCUT2D eigenvalue weighted by atomic mass is 10.1. The second kappa shape index (κ2) is 10.1. The summed E-state index contributed by atoms with van der Waals surface area (Å²) in [6.07, 6.45) is 6.23. The topological polar surface area (TPSA) is 101 Å². The molecule has 1 aromatic carbocycles. The number of likely N-dealkylation sites (tertiary alicyclic amines) is 2.